The number of para-hydroxylation sites is 2. The minimum Gasteiger partial charge on any atom is -1.00 e. The third-order valence-electron chi connectivity index (χ3n) is 7.32. The Morgan fingerprint density at radius 3 is 1.09 bits per heavy atom. The number of aromatic nitrogens is 6. The Bertz CT molecular complexity index is 2380. The molecule has 21 heteroatoms. The smallest absolute Gasteiger partial charge is 1.00 e. The zero-order valence-electron chi connectivity index (χ0n) is 30.4. The monoisotopic (exact) mass is 792 g/mol. The summed E-state index contributed by atoms with van der Waals surface area (Å²) >= 11 is 0. The van der Waals surface area contributed by atoms with Crippen molar-refractivity contribution in [2.75, 3.05) is 46.0 Å². The molecule has 2 aromatic heterocycles. The minimum absolute atomic E-state index is 0. The van der Waals surface area contributed by atoms with E-state index in [0.717, 1.165) is 23.5 Å². The minimum atomic E-state index is -4.80. The second kappa shape index (κ2) is 17.6. The molecule has 0 bridgehead atoms. The van der Waals surface area contributed by atoms with Gasteiger partial charge in [-0.05, 0) is 59.7 Å². The van der Waals surface area contributed by atoms with E-state index in [1.165, 1.54) is 36.4 Å². The van der Waals surface area contributed by atoms with Gasteiger partial charge in [0, 0.05) is 36.8 Å². The molecule has 55 heavy (non-hydrogen) atoms. The van der Waals surface area contributed by atoms with Crippen molar-refractivity contribution in [2.24, 2.45) is 0 Å². The molecule has 8 N–H and O–H groups in total. The van der Waals surface area contributed by atoms with Crippen molar-refractivity contribution in [2.45, 2.75) is 9.79 Å². The summed E-state index contributed by atoms with van der Waals surface area (Å²) in [5, 5.41) is 17.6. The van der Waals surface area contributed by atoms with Gasteiger partial charge in [0.1, 0.15) is 9.79 Å². The summed E-state index contributed by atoms with van der Waals surface area (Å²) in [6.07, 6.45) is 2.56. The predicted octanol–water partition coefficient (Wildman–Crippen LogP) is 2.89. The van der Waals surface area contributed by atoms with E-state index in [2.05, 4.69) is 61.8 Å². The molecule has 0 radical (unpaired) electrons. The van der Waals surface area contributed by atoms with Crippen molar-refractivity contribution in [3.63, 3.8) is 0 Å². The standard InChI is InChI=1S/C34H32N12O6S2.Na.H/c1-35-29-41-31(37-23-9-5-3-6-10-23)45-33(43-29)39-25-17-15-21(27(19-25)53(47,48)49)13-14-22-16-18-26(20-28(22)54(50,51)52)40-34-44-30(36-2)42-32(46-34)38-24-11-7-4-8-12-24;;/h3-20H,1-2H3,(H,47,48,49)(H,50,51,52)(H3,35,37,39,41,43,45)(H3,36,38,40,42,44,46);;/q;+1;-1. The van der Waals surface area contributed by atoms with Crippen LogP contribution in [0.5, 0.6) is 0 Å². The van der Waals surface area contributed by atoms with Gasteiger partial charge in [0.25, 0.3) is 20.2 Å². The van der Waals surface area contributed by atoms with Crippen LogP contribution in [-0.2, 0) is 20.2 Å². The third kappa shape index (κ3) is 10.9. The second-order valence-electron chi connectivity index (χ2n) is 11.1. The molecular formula is C34H33N12NaO6S2. The Morgan fingerprint density at radius 2 is 0.782 bits per heavy atom. The van der Waals surface area contributed by atoms with Crippen molar-refractivity contribution in [1.82, 2.24) is 29.9 Å². The molecule has 0 unspecified atom stereocenters. The van der Waals surface area contributed by atoms with Crippen molar-refractivity contribution in [1.29, 1.82) is 0 Å². The Morgan fingerprint density at radius 1 is 0.473 bits per heavy atom. The van der Waals surface area contributed by atoms with Crippen LogP contribution in [0.3, 0.4) is 0 Å². The molecule has 0 saturated heterocycles. The third-order valence-corrected chi connectivity index (χ3v) is 9.13. The van der Waals surface area contributed by atoms with Gasteiger partial charge in [0.05, 0.1) is 0 Å². The normalized spacial score (nSPS) is 11.3. The fourth-order valence-corrected chi connectivity index (χ4v) is 6.30. The molecule has 4 aromatic carbocycles. The van der Waals surface area contributed by atoms with E-state index in [-0.39, 0.29) is 89.2 Å². The average molecular weight is 793 g/mol. The fourth-order valence-electron chi connectivity index (χ4n) is 4.88. The van der Waals surface area contributed by atoms with E-state index in [9.17, 15) is 25.9 Å². The quantitative estimate of drug-likeness (QED) is 0.0448. The number of nitrogens with one attached hydrogen (secondary N) is 6. The summed E-state index contributed by atoms with van der Waals surface area (Å²) in [7, 11) is -6.36. The molecule has 0 aliphatic carbocycles. The molecule has 2 heterocycles. The van der Waals surface area contributed by atoms with Gasteiger partial charge in [-0.1, -0.05) is 60.7 Å². The van der Waals surface area contributed by atoms with E-state index in [0.29, 0.717) is 0 Å². The van der Waals surface area contributed by atoms with Crippen LogP contribution in [0.25, 0.3) is 12.2 Å². The molecule has 0 amide bonds. The summed E-state index contributed by atoms with van der Waals surface area (Å²) in [4.78, 5) is 24.8. The van der Waals surface area contributed by atoms with Crippen molar-refractivity contribution >= 4 is 90.8 Å². The van der Waals surface area contributed by atoms with Crippen LogP contribution < -0.4 is 61.5 Å². The Kier molecular flexibility index (Phi) is 12.9. The van der Waals surface area contributed by atoms with Crippen LogP contribution in [0.2, 0.25) is 0 Å². The van der Waals surface area contributed by atoms with Gasteiger partial charge < -0.3 is 33.3 Å². The van der Waals surface area contributed by atoms with E-state index < -0.39 is 30.0 Å². The summed E-state index contributed by atoms with van der Waals surface area (Å²) in [5.41, 5.74) is 1.87. The molecule has 0 atom stereocenters. The van der Waals surface area contributed by atoms with Crippen LogP contribution >= 0.6 is 0 Å². The summed E-state index contributed by atoms with van der Waals surface area (Å²) in [5.74, 6) is 0.969. The summed E-state index contributed by atoms with van der Waals surface area (Å²) in [6, 6.07) is 26.5. The molecule has 278 valence electrons. The molecule has 6 rings (SSSR count). The molecular weight excluding hydrogens is 760 g/mol. The van der Waals surface area contributed by atoms with Gasteiger partial charge in [-0.25, -0.2) is 0 Å². The van der Waals surface area contributed by atoms with Crippen molar-refractivity contribution in [3.05, 3.63) is 108 Å². The van der Waals surface area contributed by atoms with Crippen molar-refractivity contribution < 1.29 is 56.9 Å². The average Bonchev–Trinajstić information content (AvgIpc) is 3.14. The SMILES string of the molecule is CNc1nc(Nc2ccccc2)nc(Nc2ccc(C=Cc3ccc(Nc4nc(NC)nc(Nc5ccccc5)n4)cc3S(=O)(=O)O)c(S(=O)(=O)O)c2)n1.[H-].[Na+]. The maximum atomic E-state index is 12.5. The van der Waals surface area contributed by atoms with Crippen LogP contribution in [0.1, 0.15) is 12.6 Å². The van der Waals surface area contributed by atoms with Gasteiger partial charge in [-0.2, -0.15) is 46.7 Å². The molecule has 18 nitrogen and oxygen atoms in total. The Hall–Kier alpha value is -5.74. The fraction of sp³-hybridized carbons (Fsp3) is 0.0588. The van der Waals surface area contributed by atoms with E-state index in [1.807, 2.05) is 60.7 Å². The first-order valence-corrected chi connectivity index (χ1v) is 18.7. The number of benzene rings is 4. The summed E-state index contributed by atoms with van der Waals surface area (Å²) < 4.78 is 70.3. The predicted molar refractivity (Wildman–Crippen MR) is 207 cm³/mol. The van der Waals surface area contributed by atoms with E-state index in [4.69, 9.17) is 0 Å². The van der Waals surface area contributed by atoms with E-state index >= 15 is 0 Å². The molecule has 0 aliphatic heterocycles. The molecule has 0 aliphatic rings. The zero-order valence-corrected chi connectivity index (χ0v) is 33.1. The van der Waals surface area contributed by atoms with Gasteiger partial charge in [0.2, 0.25) is 35.7 Å². The van der Waals surface area contributed by atoms with Crippen LogP contribution in [0.4, 0.5) is 58.4 Å². The topological polar surface area (TPSA) is 258 Å². The molecule has 0 spiro atoms. The van der Waals surface area contributed by atoms with Gasteiger partial charge in [-0.3, -0.25) is 9.11 Å². The Balaban J connectivity index is 0.00000348. The first-order valence-electron chi connectivity index (χ1n) is 15.8. The first kappa shape index (κ1) is 40.4. The van der Waals surface area contributed by atoms with Crippen molar-refractivity contribution in [3.8, 4) is 0 Å². The van der Waals surface area contributed by atoms with Gasteiger partial charge in [-0.15, -0.1) is 0 Å². The number of hydrogen-bond acceptors (Lipinski definition) is 16. The number of hydrogen-bond donors (Lipinski definition) is 8. The second-order valence-corrected chi connectivity index (χ2v) is 13.9. The van der Waals surface area contributed by atoms with Crippen LogP contribution in [-0.4, -0.2) is 69.9 Å². The van der Waals surface area contributed by atoms with Gasteiger partial charge in [0.15, 0.2) is 0 Å². The zero-order chi connectivity index (χ0) is 38.3. The summed E-state index contributed by atoms with van der Waals surface area (Å²) in [6.45, 7) is 0. The number of nitrogens with zero attached hydrogens (tertiary/aromatic N) is 6. The maximum Gasteiger partial charge on any atom is 1.00 e. The molecule has 6 aromatic rings. The first-order chi connectivity index (χ1) is 25.9. The number of rotatable bonds is 14. The molecule has 0 fully saturated rings. The maximum absolute atomic E-state index is 12.5. The molecule has 0 saturated carbocycles. The van der Waals surface area contributed by atoms with Crippen LogP contribution in [0, 0.1) is 0 Å². The van der Waals surface area contributed by atoms with Crippen LogP contribution in [0.15, 0.2) is 107 Å². The van der Waals surface area contributed by atoms with Gasteiger partial charge >= 0.3 is 29.6 Å². The largest absolute Gasteiger partial charge is 1.00 e. The number of anilines is 10. The Labute approximate surface area is 339 Å². The van der Waals surface area contributed by atoms with E-state index in [1.54, 1.807) is 14.1 Å².